The SMILES string of the molecule is CC(=O)NC(C(=O)O)C(C)(C)SN=O.CC(=O)NC(CCSN=O)C(=O)O.CCNC(=O)C(CSN=O)NC(=O)CCC(N)C(=O)O.NC(CSN=O)C(=O)O. The number of carboxylic acids is 4. The van der Waals surface area contributed by atoms with Crippen molar-refractivity contribution >= 4 is 95.3 Å². The largest absolute Gasteiger partial charge is 0.480 e. The molecule has 5 atom stereocenters. The molecule has 0 aliphatic rings. The zero-order chi connectivity index (χ0) is 44.4. The average molecular weight is 883 g/mol. The summed E-state index contributed by atoms with van der Waals surface area (Å²) >= 11 is 2.55. The van der Waals surface area contributed by atoms with Crippen LogP contribution in [-0.4, -0.2) is 127 Å². The molecule has 0 aromatic carbocycles. The summed E-state index contributed by atoms with van der Waals surface area (Å²) in [5.74, 6) is -6.11. The van der Waals surface area contributed by atoms with Crippen LogP contribution < -0.4 is 32.7 Å². The molecule has 0 aromatic heterocycles. The van der Waals surface area contributed by atoms with Crippen LogP contribution in [-0.2, 0) is 38.4 Å². The summed E-state index contributed by atoms with van der Waals surface area (Å²) in [4.78, 5) is 125. The van der Waals surface area contributed by atoms with Gasteiger partial charge in [0, 0.05) is 110 Å². The molecule has 0 spiro atoms. The fourth-order valence-electron chi connectivity index (χ4n) is 3.04. The number of hydrogen-bond acceptors (Lipinski definition) is 22. The van der Waals surface area contributed by atoms with Crippen molar-refractivity contribution in [2.24, 2.45) is 29.8 Å². The summed E-state index contributed by atoms with van der Waals surface area (Å²) in [6.07, 6.45) is 0.0240. The van der Waals surface area contributed by atoms with Gasteiger partial charge in [0.1, 0.15) is 30.2 Å². The first-order valence-corrected chi connectivity index (χ1v) is 19.0. The summed E-state index contributed by atoms with van der Waals surface area (Å²) in [6.45, 7) is 7.59. The van der Waals surface area contributed by atoms with Crippen molar-refractivity contribution in [3.8, 4) is 0 Å². The first kappa shape index (κ1) is 58.2. The second kappa shape index (κ2) is 34.9. The van der Waals surface area contributed by atoms with Gasteiger partial charge in [0.2, 0.25) is 23.6 Å². The van der Waals surface area contributed by atoms with Gasteiger partial charge >= 0.3 is 23.9 Å². The van der Waals surface area contributed by atoms with E-state index in [1.54, 1.807) is 6.92 Å². The lowest BCUT2D eigenvalue weighted by Crippen LogP contribution is -2.51. The van der Waals surface area contributed by atoms with Gasteiger partial charge in [0.15, 0.2) is 0 Å². The Morgan fingerprint density at radius 2 is 1.14 bits per heavy atom. The highest BCUT2D eigenvalue weighted by atomic mass is 32.2. The molecule has 0 aliphatic heterocycles. The second-order valence-electron chi connectivity index (χ2n) is 10.7. The zero-order valence-corrected chi connectivity index (χ0v) is 33.9. The van der Waals surface area contributed by atoms with Crippen molar-refractivity contribution in [3.05, 3.63) is 19.6 Å². The van der Waals surface area contributed by atoms with Crippen molar-refractivity contribution in [2.75, 3.05) is 23.8 Å². The molecule has 5 unspecified atom stereocenters. The lowest BCUT2D eigenvalue weighted by molar-refractivity contribution is -0.142. The molecule has 0 heterocycles. The highest BCUT2D eigenvalue weighted by molar-refractivity contribution is 7.99. The number of nitrogens with one attached hydrogen (secondary N) is 4. The van der Waals surface area contributed by atoms with Crippen LogP contribution in [0.2, 0.25) is 0 Å². The molecule has 0 radical (unpaired) electrons. The second-order valence-corrected chi connectivity index (χ2v) is 14.4. The molecule has 12 N–H and O–H groups in total. The molecule has 0 rings (SSSR count). The number of rotatable bonds is 25. The summed E-state index contributed by atoms with van der Waals surface area (Å²) < 4.78 is 9.05. The maximum absolute atomic E-state index is 11.6. The average Bonchev–Trinajstić information content (AvgIpc) is 3.10. The number of hydrogen-bond donors (Lipinski definition) is 10. The van der Waals surface area contributed by atoms with E-state index in [0.717, 1.165) is 11.9 Å². The highest BCUT2D eigenvalue weighted by Crippen LogP contribution is 2.29. The number of carbonyl (C=O) groups excluding carboxylic acids is 4. The van der Waals surface area contributed by atoms with Crippen LogP contribution in [0.15, 0.2) is 18.3 Å². The molecular weight excluding hydrogens is 837 g/mol. The van der Waals surface area contributed by atoms with Gasteiger partial charge in [0.05, 0.1) is 4.75 Å². The normalized spacial score (nSPS) is 12.7. The summed E-state index contributed by atoms with van der Waals surface area (Å²) in [6, 6.07) is -5.09. The predicted octanol–water partition coefficient (Wildman–Crippen LogP) is 0.176. The van der Waals surface area contributed by atoms with E-state index < -0.39 is 82.5 Å². The van der Waals surface area contributed by atoms with E-state index in [1.807, 2.05) is 0 Å². The number of nitrogens with two attached hydrogens (primary N) is 2. The Morgan fingerprint density at radius 3 is 1.54 bits per heavy atom. The molecule has 0 aromatic rings. The first-order valence-electron chi connectivity index (χ1n) is 15.4. The number of nitroso groups, excluding NO2 is 4. The Kier molecular flexibility index (Phi) is 36.3. The van der Waals surface area contributed by atoms with Crippen LogP contribution in [0.5, 0.6) is 0 Å². The Bertz CT molecular complexity index is 1320. The number of likely N-dealkylation sites (N-methyl/N-ethyl adjacent to an activating group) is 1. The van der Waals surface area contributed by atoms with Gasteiger partial charge in [-0.1, -0.05) is 0 Å². The van der Waals surface area contributed by atoms with Crippen LogP contribution in [0, 0.1) is 19.6 Å². The molecule has 0 bridgehead atoms. The minimum absolute atomic E-state index is 0.00601. The lowest BCUT2D eigenvalue weighted by atomic mass is 10.0. The van der Waals surface area contributed by atoms with Crippen molar-refractivity contribution in [3.63, 3.8) is 0 Å². The van der Waals surface area contributed by atoms with Crippen LogP contribution in [0.3, 0.4) is 0 Å². The molecule has 56 heavy (non-hydrogen) atoms. The monoisotopic (exact) mass is 882 g/mol. The van der Waals surface area contributed by atoms with Gasteiger partial charge in [-0.15, -0.1) is 19.6 Å². The molecular formula is C26H46N10O16S4. The maximum Gasteiger partial charge on any atom is 0.327 e. The van der Waals surface area contributed by atoms with E-state index in [9.17, 15) is 58.0 Å². The van der Waals surface area contributed by atoms with Gasteiger partial charge in [-0.3, -0.25) is 28.8 Å². The summed E-state index contributed by atoms with van der Waals surface area (Å²) in [5, 5.41) is 43.5. The lowest BCUT2D eigenvalue weighted by Gasteiger charge is -2.27. The third-order valence-electron chi connectivity index (χ3n) is 5.71. The maximum atomic E-state index is 11.6. The first-order chi connectivity index (χ1) is 26.0. The molecule has 320 valence electrons. The molecule has 26 nitrogen and oxygen atoms in total. The Labute approximate surface area is 336 Å². The molecule has 30 heteroatoms. The van der Waals surface area contributed by atoms with E-state index >= 15 is 0 Å². The third-order valence-corrected chi connectivity index (χ3v) is 8.21. The number of aliphatic carboxylic acids is 4. The number of nitrogens with zero attached hydrogens (tertiary/aromatic N) is 4. The van der Waals surface area contributed by atoms with E-state index in [0.29, 0.717) is 42.4 Å². The van der Waals surface area contributed by atoms with Crippen LogP contribution >= 0.6 is 47.8 Å². The van der Waals surface area contributed by atoms with Gasteiger partial charge in [-0.2, -0.15) is 0 Å². The molecule has 0 aliphatic carbocycles. The quantitative estimate of drug-likeness (QED) is 0.0332. The molecule has 0 fully saturated rings. The van der Waals surface area contributed by atoms with E-state index in [2.05, 4.69) is 39.6 Å². The molecule has 0 saturated carbocycles. The number of amides is 4. The smallest absolute Gasteiger partial charge is 0.327 e. The van der Waals surface area contributed by atoms with Gasteiger partial charge in [-0.05, 0) is 33.6 Å². The van der Waals surface area contributed by atoms with E-state index in [-0.39, 0.29) is 36.5 Å². The van der Waals surface area contributed by atoms with Gasteiger partial charge in [0.25, 0.3) is 0 Å². The van der Waals surface area contributed by atoms with E-state index in [1.165, 1.54) is 27.7 Å². The Balaban J connectivity index is -0.000000335. The minimum Gasteiger partial charge on any atom is -0.480 e. The fraction of sp³-hybridized carbons (Fsp3) is 0.692. The van der Waals surface area contributed by atoms with Gasteiger partial charge in [-0.25, -0.2) is 9.59 Å². The highest BCUT2D eigenvalue weighted by Gasteiger charge is 2.37. The third kappa shape index (κ3) is 34.0. The van der Waals surface area contributed by atoms with Crippen molar-refractivity contribution < 1.29 is 58.8 Å². The van der Waals surface area contributed by atoms with Crippen molar-refractivity contribution in [1.82, 2.24) is 21.3 Å². The molecule has 0 saturated heterocycles. The summed E-state index contributed by atoms with van der Waals surface area (Å²) in [7, 11) is 0. The Hall–Kier alpha value is -4.52. The predicted molar refractivity (Wildman–Crippen MR) is 208 cm³/mol. The van der Waals surface area contributed by atoms with E-state index in [4.69, 9.17) is 31.9 Å². The zero-order valence-electron chi connectivity index (χ0n) is 30.6. The number of carboxylic acid groups (broad SMARTS) is 4. The fourth-order valence-corrected chi connectivity index (χ4v) is 4.72. The Morgan fingerprint density at radius 1 is 0.643 bits per heavy atom. The standard InChI is InChI=1S/C10H18N4O5S.C7H12N2O4S.C6H10N2O4S.C3H6N2O3S/c1-2-12-9(16)7(5-20-14-19)13-8(15)4-3-6(11)10(17)18;1-4(10)8-5(6(11)12)7(2,3)14-9-13;1-4(9)7-5(6(10)11)2-3-13-8-12;4-2(3(6)7)1-9-5-8/h6-7H,2-5,11H2,1H3,(H,12,16)(H,13,15)(H,17,18);5H,1-3H3,(H,8,10)(H,11,12);5H,2-3H2,1H3,(H,7,9)(H,10,11);2H,1,4H2,(H,6,7). The van der Waals surface area contributed by atoms with Crippen molar-refractivity contribution in [2.45, 2.75) is 88.8 Å². The van der Waals surface area contributed by atoms with Crippen LogP contribution in [0.1, 0.15) is 53.9 Å². The van der Waals surface area contributed by atoms with Gasteiger partial charge < -0.3 is 53.2 Å². The van der Waals surface area contributed by atoms with Crippen LogP contribution in [0.25, 0.3) is 0 Å². The summed E-state index contributed by atoms with van der Waals surface area (Å²) in [5.41, 5.74) is 10.2. The van der Waals surface area contributed by atoms with Crippen molar-refractivity contribution in [1.29, 1.82) is 0 Å². The number of carbonyl (C=O) groups is 8. The topological polar surface area (TPSA) is 435 Å². The van der Waals surface area contributed by atoms with Crippen LogP contribution in [0.4, 0.5) is 0 Å². The minimum atomic E-state index is -1.20. The molecule has 4 amide bonds.